The predicted octanol–water partition coefficient (Wildman–Crippen LogP) is 1.93. The molecule has 0 aliphatic rings. The van der Waals surface area contributed by atoms with Crippen molar-refractivity contribution in [2.75, 3.05) is 25.5 Å². The van der Waals surface area contributed by atoms with E-state index < -0.39 is 0 Å². The Kier molecular flexibility index (Phi) is 4.94. The average molecular weight is 271 g/mol. The van der Waals surface area contributed by atoms with Crippen molar-refractivity contribution in [2.45, 2.75) is 0 Å². The predicted molar refractivity (Wildman–Crippen MR) is 78.1 cm³/mol. The number of ether oxygens (including phenoxy) is 1. The van der Waals surface area contributed by atoms with Gasteiger partial charge in [-0.25, -0.2) is 0 Å². The second-order valence-electron chi connectivity index (χ2n) is 4.10. The van der Waals surface area contributed by atoms with Crippen LogP contribution in [0.1, 0.15) is 10.5 Å². The van der Waals surface area contributed by atoms with Gasteiger partial charge in [0.15, 0.2) is 0 Å². The van der Waals surface area contributed by atoms with Crippen molar-refractivity contribution in [3.05, 3.63) is 54.4 Å². The van der Waals surface area contributed by atoms with Gasteiger partial charge in [0.1, 0.15) is 18.1 Å². The Bertz CT molecular complexity index is 558. The Morgan fingerprint density at radius 2 is 2.05 bits per heavy atom. The summed E-state index contributed by atoms with van der Waals surface area (Å²) in [5.74, 6) is 0.643. The number of benzene rings is 1. The van der Waals surface area contributed by atoms with E-state index in [0.717, 1.165) is 11.4 Å². The van der Waals surface area contributed by atoms with Gasteiger partial charge in [-0.1, -0.05) is 18.2 Å². The van der Waals surface area contributed by atoms with Crippen molar-refractivity contribution in [2.24, 2.45) is 0 Å². The van der Waals surface area contributed by atoms with Crippen molar-refractivity contribution in [1.82, 2.24) is 10.3 Å². The SMILES string of the molecule is CNC(=O)c1cc(NCCOc2ccccc2)ccn1. The second-order valence-corrected chi connectivity index (χ2v) is 4.10. The minimum absolute atomic E-state index is 0.200. The lowest BCUT2D eigenvalue weighted by Gasteiger charge is -2.09. The first-order chi connectivity index (χ1) is 9.79. The number of amides is 1. The molecule has 1 heterocycles. The molecule has 0 saturated heterocycles. The highest BCUT2D eigenvalue weighted by Crippen LogP contribution is 2.09. The highest BCUT2D eigenvalue weighted by molar-refractivity contribution is 5.92. The van der Waals surface area contributed by atoms with Crippen LogP contribution in [0, 0.1) is 0 Å². The molecule has 1 amide bonds. The standard InChI is InChI=1S/C15H17N3O2/c1-16-15(19)14-11-12(7-8-18-14)17-9-10-20-13-5-3-2-4-6-13/h2-8,11H,9-10H2,1H3,(H,16,19)(H,17,18). The van der Waals surface area contributed by atoms with Gasteiger partial charge in [-0.3, -0.25) is 9.78 Å². The molecule has 0 fully saturated rings. The van der Waals surface area contributed by atoms with Crippen molar-refractivity contribution >= 4 is 11.6 Å². The molecule has 0 unspecified atom stereocenters. The summed E-state index contributed by atoms with van der Waals surface area (Å²) in [5.41, 5.74) is 1.23. The van der Waals surface area contributed by atoms with Gasteiger partial charge in [0.2, 0.25) is 0 Å². The van der Waals surface area contributed by atoms with Gasteiger partial charge in [0.25, 0.3) is 5.91 Å². The number of hydrogen-bond acceptors (Lipinski definition) is 4. The third-order valence-corrected chi connectivity index (χ3v) is 2.66. The molecule has 2 N–H and O–H groups in total. The molecular weight excluding hydrogens is 254 g/mol. The molecule has 0 aliphatic carbocycles. The highest BCUT2D eigenvalue weighted by Gasteiger charge is 2.04. The molecule has 0 aliphatic heterocycles. The van der Waals surface area contributed by atoms with E-state index in [1.165, 1.54) is 0 Å². The number of carbonyl (C=O) groups is 1. The molecule has 1 aromatic carbocycles. The minimum atomic E-state index is -0.200. The maximum atomic E-state index is 11.5. The Labute approximate surface area is 118 Å². The van der Waals surface area contributed by atoms with Crippen molar-refractivity contribution in [3.8, 4) is 5.75 Å². The average Bonchev–Trinajstić information content (AvgIpc) is 2.52. The Morgan fingerprint density at radius 1 is 1.25 bits per heavy atom. The molecular formula is C15H17N3O2. The summed E-state index contributed by atoms with van der Waals surface area (Å²) in [6.45, 7) is 1.19. The number of nitrogens with zero attached hydrogens (tertiary/aromatic N) is 1. The third-order valence-electron chi connectivity index (χ3n) is 2.66. The van der Waals surface area contributed by atoms with Crippen LogP contribution in [-0.2, 0) is 0 Å². The van der Waals surface area contributed by atoms with Gasteiger partial charge < -0.3 is 15.4 Å². The van der Waals surface area contributed by atoms with Crippen molar-refractivity contribution < 1.29 is 9.53 Å². The van der Waals surface area contributed by atoms with E-state index in [-0.39, 0.29) is 5.91 Å². The van der Waals surface area contributed by atoms with Crippen LogP contribution in [-0.4, -0.2) is 31.1 Å². The summed E-state index contributed by atoms with van der Waals surface area (Å²) in [6, 6.07) is 13.2. The second kappa shape index (κ2) is 7.13. The van der Waals surface area contributed by atoms with Crippen LogP contribution in [0.25, 0.3) is 0 Å². The largest absolute Gasteiger partial charge is 0.492 e. The smallest absolute Gasteiger partial charge is 0.269 e. The van der Waals surface area contributed by atoms with E-state index in [1.807, 2.05) is 36.4 Å². The number of carbonyl (C=O) groups excluding carboxylic acids is 1. The molecule has 2 aromatic rings. The monoisotopic (exact) mass is 271 g/mol. The van der Waals surface area contributed by atoms with E-state index in [4.69, 9.17) is 4.74 Å². The van der Waals surface area contributed by atoms with Crippen molar-refractivity contribution in [3.63, 3.8) is 0 Å². The molecule has 5 heteroatoms. The summed E-state index contributed by atoms with van der Waals surface area (Å²) in [7, 11) is 1.58. The van der Waals surface area contributed by atoms with Crippen LogP contribution in [0.15, 0.2) is 48.7 Å². The fraction of sp³-hybridized carbons (Fsp3) is 0.200. The summed E-state index contributed by atoms with van der Waals surface area (Å²) in [6.07, 6.45) is 1.60. The molecule has 1 aromatic heterocycles. The maximum absolute atomic E-state index is 11.5. The van der Waals surface area contributed by atoms with Gasteiger partial charge in [-0.2, -0.15) is 0 Å². The zero-order chi connectivity index (χ0) is 14.2. The van der Waals surface area contributed by atoms with E-state index >= 15 is 0 Å². The number of pyridine rings is 1. The lowest BCUT2D eigenvalue weighted by Crippen LogP contribution is -2.19. The Hall–Kier alpha value is -2.56. The van der Waals surface area contributed by atoms with Gasteiger partial charge in [0, 0.05) is 25.5 Å². The maximum Gasteiger partial charge on any atom is 0.269 e. The minimum Gasteiger partial charge on any atom is -0.492 e. The lowest BCUT2D eigenvalue weighted by molar-refractivity contribution is 0.0958. The van der Waals surface area contributed by atoms with Crippen LogP contribution in [0.4, 0.5) is 5.69 Å². The van der Waals surface area contributed by atoms with E-state index in [2.05, 4.69) is 15.6 Å². The summed E-state index contributed by atoms with van der Waals surface area (Å²) in [5, 5.41) is 5.73. The number of aromatic nitrogens is 1. The molecule has 104 valence electrons. The molecule has 20 heavy (non-hydrogen) atoms. The topological polar surface area (TPSA) is 63.2 Å². The van der Waals surface area contributed by atoms with Crippen LogP contribution >= 0.6 is 0 Å². The molecule has 0 radical (unpaired) electrons. The number of para-hydroxylation sites is 1. The van der Waals surface area contributed by atoms with Crippen molar-refractivity contribution in [1.29, 1.82) is 0 Å². The first kappa shape index (κ1) is 13.9. The molecule has 0 saturated carbocycles. The normalized spacial score (nSPS) is 9.85. The zero-order valence-corrected chi connectivity index (χ0v) is 11.3. The first-order valence-corrected chi connectivity index (χ1v) is 6.39. The van der Waals surface area contributed by atoms with E-state index in [9.17, 15) is 4.79 Å². The van der Waals surface area contributed by atoms with Gasteiger partial charge in [0.05, 0.1) is 0 Å². The van der Waals surface area contributed by atoms with Gasteiger partial charge in [-0.05, 0) is 24.3 Å². The van der Waals surface area contributed by atoms with Crippen LogP contribution < -0.4 is 15.4 Å². The summed E-state index contributed by atoms with van der Waals surface area (Å²) < 4.78 is 5.57. The molecule has 0 atom stereocenters. The number of hydrogen-bond donors (Lipinski definition) is 2. The fourth-order valence-electron chi connectivity index (χ4n) is 1.67. The van der Waals surface area contributed by atoms with Crippen LogP contribution in [0.5, 0.6) is 5.75 Å². The van der Waals surface area contributed by atoms with Crippen LogP contribution in [0.2, 0.25) is 0 Å². The number of anilines is 1. The number of nitrogens with one attached hydrogen (secondary N) is 2. The lowest BCUT2D eigenvalue weighted by atomic mass is 10.3. The Morgan fingerprint density at radius 3 is 2.80 bits per heavy atom. The fourth-order valence-corrected chi connectivity index (χ4v) is 1.67. The summed E-state index contributed by atoms with van der Waals surface area (Å²) in [4.78, 5) is 15.5. The summed E-state index contributed by atoms with van der Waals surface area (Å²) >= 11 is 0. The molecule has 2 rings (SSSR count). The van der Waals surface area contributed by atoms with E-state index in [0.29, 0.717) is 18.8 Å². The Balaban J connectivity index is 1.81. The van der Waals surface area contributed by atoms with Gasteiger partial charge >= 0.3 is 0 Å². The first-order valence-electron chi connectivity index (χ1n) is 6.39. The highest BCUT2D eigenvalue weighted by atomic mass is 16.5. The zero-order valence-electron chi connectivity index (χ0n) is 11.3. The third kappa shape index (κ3) is 3.98. The van der Waals surface area contributed by atoms with E-state index in [1.54, 1.807) is 19.3 Å². The van der Waals surface area contributed by atoms with Crippen LogP contribution in [0.3, 0.4) is 0 Å². The molecule has 0 spiro atoms. The molecule has 0 bridgehead atoms. The molecule has 5 nitrogen and oxygen atoms in total. The quantitative estimate of drug-likeness (QED) is 0.788. The van der Waals surface area contributed by atoms with Gasteiger partial charge in [-0.15, -0.1) is 0 Å². The number of rotatable bonds is 6.